The second kappa shape index (κ2) is 10.8. The van der Waals surface area contributed by atoms with E-state index in [0.717, 1.165) is 16.8 Å². The monoisotopic (exact) mass is 496 g/mol. The lowest BCUT2D eigenvalue weighted by atomic mass is 10.1. The lowest BCUT2D eigenvalue weighted by Crippen LogP contribution is -2.15. The van der Waals surface area contributed by atoms with Gasteiger partial charge in [-0.3, -0.25) is 9.48 Å². The van der Waals surface area contributed by atoms with Crippen LogP contribution >= 0.6 is 23.4 Å². The van der Waals surface area contributed by atoms with E-state index in [9.17, 15) is 4.79 Å². The van der Waals surface area contributed by atoms with E-state index in [4.69, 9.17) is 16.3 Å². The van der Waals surface area contributed by atoms with Crippen molar-refractivity contribution in [3.63, 3.8) is 0 Å². The second-order valence-corrected chi connectivity index (χ2v) is 8.77. The molecule has 0 fully saturated rings. The van der Waals surface area contributed by atoms with Crippen LogP contribution in [0.15, 0.2) is 59.9 Å². The Hall–Kier alpha value is -3.30. The number of halogens is 1. The highest BCUT2D eigenvalue weighted by Gasteiger charge is 2.20. The number of aromatic nitrogens is 5. The smallest absolute Gasteiger partial charge is 0.234 e. The molecular weight excluding hydrogens is 472 g/mol. The van der Waals surface area contributed by atoms with Crippen molar-refractivity contribution < 1.29 is 9.53 Å². The number of ether oxygens (including phenoxy) is 1. The van der Waals surface area contributed by atoms with Crippen LogP contribution in [-0.2, 0) is 18.4 Å². The van der Waals surface area contributed by atoms with Gasteiger partial charge < -0.3 is 14.6 Å². The Morgan fingerprint density at radius 1 is 1.12 bits per heavy atom. The first kappa shape index (κ1) is 23.8. The minimum atomic E-state index is -0.146. The van der Waals surface area contributed by atoms with Gasteiger partial charge in [-0.15, -0.1) is 10.2 Å². The Morgan fingerprint density at radius 2 is 1.88 bits per heavy atom. The number of carbonyl (C=O) groups is 1. The van der Waals surface area contributed by atoms with Crippen LogP contribution < -0.4 is 10.1 Å². The lowest BCUT2D eigenvalue weighted by molar-refractivity contribution is -0.113. The Balaban J connectivity index is 1.53. The van der Waals surface area contributed by atoms with Gasteiger partial charge in [0.2, 0.25) is 5.91 Å². The van der Waals surface area contributed by atoms with E-state index in [1.807, 2.05) is 80.2 Å². The molecule has 4 aromatic rings. The highest BCUT2D eigenvalue weighted by Crippen LogP contribution is 2.32. The number of hydrogen-bond donors (Lipinski definition) is 1. The van der Waals surface area contributed by atoms with Crippen LogP contribution in [0.4, 0.5) is 5.69 Å². The molecule has 4 rings (SSSR count). The zero-order valence-corrected chi connectivity index (χ0v) is 20.7. The number of thioether (sulfide) groups is 1. The lowest BCUT2D eigenvalue weighted by Gasteiger charge is -2.11. The summed E-state index contributed by atoms with van der Waals surface area (Å²) in [6.07, 6.45) is 1.92. The summed E-state index contributed by atoms with van der Waals surface area (Å²) in [6.45, 7) is 5.10. The molecule has 0 unspecified atom stereocenters. The fourth-order valence-corrected chi connectivity index (χ4v) is 4.45. The van der Waals surface area contributed by atoms with Gasteiger partial charge in [-0.25, -0.2) is 0 Å². The van der Waals surface area contributed by atoms with Crippen molar-refractivity contribution >= 4 is 35.0 Å². The summed E-state index contributed by atoms with van der Waals surface area (Å²) in [4.78, 5) is 12.6. The molecular formula is C24H25ClN6O2S. The molecule has 0 aliphatic heterocycles. The van der Waals surface area contributed by atoms with Gasteiger partial charge in [-0.2, -0.15) is 5.10 Å². The molecule has 2 aromatic heterocycles. The predicted octanol–water partition coefficient (Wildman–Crippen LogP) is 5.15. The molecule has 2 heterocycles. The fourth-order valence-electron chi connectivity index (χ4n) is 3.52. The zero-order valence-electron chi connectivity index (χ0n) is 19.2. The first-order chi connectivity index (χ1) is 16.5. The van der Waals surface area contributed by atoms with Gasteiger partial charge in [0.15, 0.2) is 11.0 Å². The molecule has 1 amide bonds. The van der Waals surface area contributed by atoms with Gasteiger partial charge in [-0.05, 0) is 38.1 Å². The molecule has 176 valence electrons. The summed E-state index contributed by atoms with van der Waals surface area (Å²) in [5.41, 5.74) is 3.24. The van der Waals surface area contributed by atoms with Crippen LogP contribution in [-0.4, -0.2) is 42.8 Å². The van der Waals surface area contributed by atoms with Gasteiger partial charge in [0.25, 0.3) is 0 Å². The molecule has 0 aliphatic rings. The van der Waals surface area contributed by atoms with Crippen LogP contribution in [0.2, 0.25) is 5.02 Å². The fraction of sp³-hybridized carbons (Fsp3) is 0.250. The summed E-state index contributed by atoms with van der Waals surface area (Å²) in [7, 11) is 1.87. The molecule has 0 aliphatic carbocycles. The maximum Gasteiger partial charge on any atom is 0.234 e. The van der Waals surface area contributed by atoms with Crippen molar-refractivity contribution in [2.75, 3.05) is 17.7 Å². The van der Waals surface area contributed by atoms with Crippen LogP contribution in [0.5, 0.6) is 5.75 Å². The van der Waals surface area contributed by atoms with E-state index in [2.05, 4.69) is 20.6 Å². The molecule has 0 radical (unpaired) electrons. The van der Waals surface area contributed by atoms with Gasteiger partial charge in [-0.1, -0.05) is 47.6 Å². The quantitative estimate of drug-likeness (QED) is 0.322. The summed E-state index contributed by atoms with van der Waals surface area (Å²) >= 11 is 7.39. The zero-order chi connectivity index (χ0) is 24.1. The number of nitrogens with zero attached hydrogens (tertiary/aromatic N) is 5. The predicted molar refractivity (Wildman–Crippen MR) is 135 cm³/mol. The number of nitrogens with one attached hydrogen (secondary N) is 1. The van der Waals surface area contributed by atoms with E-state index < -0.39 is 0 Å². The van der Waals surface area contributed by atoms with Gasteiger partial charge in [0.05, 0.1) is 23.6 Å². The summed E-state index contributed by atoms with van der Waals surface area (Å²) in [5, 5.41) is 17.7. The normalized spacial score (nSPS) is 10.9. The van der Waals surface area contributed by atoms with Crippen molar-refractivity contribution in [2.45, 2.75) is 25.5 Å². The maximum absolute atomic E-state index is 12.6. The molecule has 8 nitrogen and oxygen atoms in total. The number of carbonyl (C=O) groups excluding carboxylic acids is 1. The number of anilines is 1. The van der Waals surface area contributed by atoms with Crippen LogP contribution in [0.25, 0.3) is 22.6 Å². The van der Waals surface area contributed by atoms with Crippen LogP contribution in [0, 0.1) is 0 Å². The number of hydrogen-bond acceptors (Lipinski definition) is 6. The highest BCUT2D eigenvalue weighted by atomic mass is 35.5. The van der Waals surface area contributed by atoms with E-state index in [-0.39, 0.29) is 11.7 Å². The molecule has 0 saturated heterocycles. The van der Waals surface area contributed by atoms with Crippen molar-refractivity contribution in [2.24, 2.45) is 7.05 Å². The van der Waals surface area contributed by atoms with Crippen molar-refractivity contribution in [1.29, 1.82) is 0 Å². The average molecular weight is 497 g/mol. The highest BCUT2D eigenvalue weighted by molar-refractivity contribution is 7.99. The minimum absolute atomic E-state index is 0.146. The Bertz CT molecular complexity index is 1290. The molecule has 2 aromatic carbocycles. The second-order valence-electron chi connectivity index (χ2n) is 7.39. The number of amides is 1. The SMILES string of the molecule is CCOc1ccccc1NC(=O)CSc1nnc(-c2cn(C)nc2-c2ccc(Cl)cc2)n1CC. The first-order valence-corrected chi connectivity index (χ1v) is 12.2. The number of para-hydroxylation sites is 2. The summed E-state index contributed by atoms with van der Waals surface area (Å²) < 4.78 is 9.33. The number of benzene rings is 2. The summed E-state index contributed by atoms with van der Waals surface area (Å²) in [6, 6.07) is 14.9. The van der Waals surface area contributed by atoms with Crippen LogP contribution in [0.3, 0.4) is 0 Å². The number of rotatable bonds is 9. The Kier molecular flexibility index (Phi) is 7.54. The third-order valence-corrected chi connectivity index (χ3v) is 6.23. The van der Waals surface area contributed by atoms with Gasteiger partial charge in [0.1, 0.15) is 11.4 Å². The molecule has 0 bridgehead atoms. The maximum atomic E-state index is 12.6. The third-order valence-electron chi connectivity index (χ3n) is 5.01. The van der Waals surface area contributed by atoms with E-state index in [1.54, 1.807) is 4.68 Å². The van der Waals surface area contributed by atoms with E-state index in [0.29, 0.717) is 40.6 Å². The molecule has 1 N–H and O–H groups in total. The van der Waals surface area contributed by atoms with Gasteiger partial charge >= 0.3 is 0 Å². The third kappa shape index (κ3) is 5.26. The van der Waals surface area contributed by atoms with Crippen molar-refractivity contribution in [1.82, 2.24) is 24.5 Å². The molecule has 0 spiro atoms. The topological polar surface area (TPSA) is 86.9 Å². The van der Waals surface area contributed by atoms with Crippen molar-refractivity contribution in [3.05, 3.63) is 59.8 Å². The van der Waals surface area contributed by atoms with Gasteiger partial charge in [0, 0.05) is 30.4 Å². The standard InChI is InChI=1S/C24H25ClN6O2S/c1-4-31-23(18-14-30(3)29-22(18)16-10-12-17(25)13-11-16)27-28-24(31)34-15-21(32)26-19-8-6-7-9-20(19)33-5-2/h6-14H,4-5,15H2,1-3H3,(H,26,32). The molecule has 10 heteroatoms. The largest absolute Gasteiger partial charge is 0.492 e. The molecule has 0 saturated carbocycles. The molecule has 34 heavy (non-hydrogen) atoms. The first-order valence-electron chi connectivity index (χ1n) is 10.9. The Morgan fingerprint density at radius 3 is 2.62 bits per heavy atom. The van der Waals surface area contributed by atoms with Crippen molar-refractivity contribution in [3.8, 4) is 28.4 Å². The Labute approximate surface area is 207 Å². The average Bonchev–Trinajstić information content (AvgIpc) is 3.42. The molecule has 0 atom stereocenters. The minimum Gasteiger partial charge on any atom is -0.492 e. The van der Waals surface area contributed by atoms with Crippen LogP contribution in [0.1, 0.15) is 13.8 Å². The number of aryl methyl sites for hydroxylation is 1. The van der Waals surface area contributed by atoms with E-state index in [1.165, 1.54) is 11.8 Å². The summed E-state index contributed by atoms with van der Waals surface area (Å²) in [5.74, 6) is 1.39. The van der Waals surface area contributed by atoms with E-state index >= 15 is 0 Å².